The molecule has 2 atom stereocenters. The first-order valence-corrected chi connectivity index (χ1v) is 10.7. The molecule has 0 radical (unpaired) electrons. The number of nitrogens with one attached hydrogen (secondary N) is 2. The first-order valence-electron chi connectivity index (χ1n) is 10.7. The number of carbonyl (C=O) groups is 2. The highest BCUT2D eigenvalue weighted by Crippen LogP contribution is 2.25. The maximum atomic E-state index is 12.4. The van der Waals surface area contributed by atoms with Gasteiger partial charge in [0.25, 0.3) is 0 Å². The second kappa shape index (κ2) is 10.9. The van der Waals surface area contributed by atoms with Crippen LogP contribution in [-0.2, 0) is 9.47 Å². The lowest BCUT2D eigenvalue weighted by Crippen LogP contribution is -2.50. The topological polar surface area (TPSA) is 141 Å². The number of nitrogens with zero attached hydrogens (tertiary/aromatic N) is 3. The molecule has 1 aromatic rings. The van der Waals surface area contributed by atoms with E-state index < -0.39 is 17.7 Å². The molecule has 1 heterocycles. The zero-order valence-corrected chi connectivity index (χ0v) is 19.7. The minimum atomic E-state index is -0.577. The SMILES string of the molecule is CN=CC(=CN)c1nc(N[C@@H]2CCCC[C@@H]2NC(=O)OC(C)(C)C)nc(C)c1C(=O)OC. The predicted molar refractivity (Wildman–Crippen MR) is 124 cm³/mol. The minimum Gasteiger partial charge on any atom is -0.465 e. The fraction of sp³-hybridized carbons (Fsp3) is 0.591. The second-order valence-corrected chi connectivity index (χ2v) is 8.65. The van der Waals surface area contributed by atoms with Gasteiger partial charge >= 0.3 is 12.1 Å². The molecule has 1 aliphatic rings. The summed E-state index contributed by atoms with van der Waals surface area (Å²) in [5.74, 6) is -0.230. The van der Waals surface area contributed by atoms with E-state index in [0.29, 0.717) is 22.9 Å². The van der Waals surface area contributed by atoms with Crippen molar-refractivity contribution < 1.29 is 19.1 Å². The predicted octanol–water partition coefficient (Wildman–Crippen LogP) is 2.82. The number of aryl methyl sites for hydroxylation is 1. The monoisotopic (exact) mass is 446 g/mol. The molecule has 1 amide bonds. The van der Waals surface area contributed by atoms with Crippen molar-refractivity contribution in [3.63, 3.8) is 0 Å². The van der Waals surface area contributed by atoms with E-state index in [4.69, 9.17) is 15.2 Å². The van der Waals surface area contributed by atoms with Gasteiger partial charge in [0.15, 0.2) is 0 Å². The molecule has 0 aliphatic heterocycles. The molecule has 10 heteroatoms. The zero-order valence-electron chi connectivity index (χ0n) is 19.7. The number of rotatable bonds is 6. The highest BCUT2D eigenvalue weighted by molar-refractivity contribution is 6.12. The molecule has 32 heavy (non-hydrogen) atoms. The standard InChI is InChI=1S/C22H34N6O4/c1-13-17(19(29)31-6)18(14(11-23)12-24-5)28-20(25-13)26-15-9-7-8-10-16(15)27-21(30)32-22(2,3)4/h11-12,15-16H,7-10,23H2,1-6H3,(H,27,30)(H,25,26,28)/t15-,16+/m1/s1. The van der Waals surface area contributed by atoms with Crippen molar-refractivity contribution in [3.8, 4) is 0 Å². The number of aromatic nitrogens is 2. The Hall–Kier alpha value is -3.17. The van der Waals surface area contributed by atoms with Gasteiger partial charge in [0, 0.05) is 31.1 Å². The lowest BCUT2D eigenvalue weighted by Gasteiger charge is -2.33. The summed E-state index contributed by atoms with van der Waals surface area (Å²) in [6.45, 7) is 7.18. The van der Waals surface area contributed by atoms with Crippen molar-refractivity contribution >= 4 is 29.8 Å². The molecule has 4 N–H and O–H groups in total. The summed E-state index contributed by atoms with van der Waals surface area (Å²) in [4.78, 5) is 37.7. The lowest BCUT2D eigenvalue weighted by molar-refractivity contribution is 0.0487. The molecule has 1 saturated carbocycles. The van der Waals surface area contributed by atoms with Crippen molar-refractivity contribution in [2.45, 2.75) is 71.1 Å². The number of amides is 1. The van der Waals surface area contributed by atoms with Crippen LogP contribution in [0.4, 0.5) is 10.7 Å². The Morgan fingerprint density at radius 2 is 1.84 bits per heavy atom. The number of alkyl carbamates (subject to hydrolysis) is 1. The van der Waals surface area contributed by atoms with Crippen molar-refractivity contribution in [2.75, 3.05) is 19.5 Å². The minimum absolute atomic E-state index is 0.0994. The lowest BCUT2D eigenvalue weighted by atomic mass is 9.90. The van der Waals surface area contributed by atoms with Crippen molar-refractivity contribution in [2.24, 2.45) is 10.7 Å². The average Bonchev–Trinajstić information content (AvgIpc) is 2.71. The van der Waals surface area contributed by atoms with Gasteiger partial charge in [-0.05, 0) is 40.5 Å². The van der Waals surface area contributed by atoms with Gasteiger partial charge < -0.3 is 25.8 Å². The van der Waals surface area contributed by atoms with E-state index in [2.05, 4.69) is 25.6 Å². The summed E-state index contributed by atoms with van der Waals surface area (Å²) in [5.41, 5.74) is 6.65. The van der Waals surface area contributed by atoms with E-state index in [1.165, 1.54) is 19.5 Å². The van der Waals surface area contributed by atoms with Crippen LogP contribution in [0, 0.1) is 6.92 Å². The normalized spacial score (nSPS) is 19.5. The van der Waals surface area contributed by atoms with Crippen molar-refractivity contribution in [1.29, 1.82) is 0 Å². The summed E-state index contributed by atoms with van der Waals surface area (Å²) in [7, 11) is 2.90. The van der Waals surface area contributed by atoms with E-state index in [-0.39, 0.29) is 17.6 Å². The van der Waals surface area contributed by atoms with Crippen molar-refractivity contribution in [3.05, 3.63) is 23.2 Å². The molecule has 176 valence electrons. The number of carbonyl (C=O) groups excluding carboxylic acids is 2. The van der Waals surface area contributed by atoms with Crippen LogP contribution in [-0.4, -0.2) is 60.1 Å². The third kappa shape index (κ3) is 6.66. The van der Waals surface area contributed by atoms with Gasteiger partial charge in [-0.2, -0.15) is 0 Å². The number of hydrogen-bond donors (Lipinski definition) is 3. The Labute approximate surface area is 189 Å². The number of methoxy groups -OCH3 is 1. The van der Waals surface area contributed by atoms with Crippen LogP contribution in [0.5, 0.6) is 0 Å². The Morgan fingerprint density at radius 1 is 1.19 bits per heavy atom. The van der Waals surface area contributed by atoms with Crippen LogP contribution in [0.1, 0.15) is 68.2 Å². The quantitative estimate of drug-likeness (QED) is 0.447. The Bertz CT molecular complexity index is 891. The Balaban J connectivity index is 2.34. The number of nitrogens with two attached hydrogens (primary N) is 1. The van der Waals surface area contributed by atoms with Crippen LogP contribution >= 0.6 is 0 Å². The summed E-state index contributed by atoms with van der Waals surface area (Å²) in [6.07, 6.45) is 6.03. The summed E-state index contributed by atoms with van der Waals surface area (Å²) >= 11 is 0. The molecule has 10 nitrogen and oxygen atoms in total. The van der Waals surface area contributed by atoms with E-state index >= 15 is 0 Å². The number of hydrogen-bond acceptors (Lipinski definition) is 9. The second-order valence-electron chi connectivity index (χ2n) is 8.65. The molecule has 0 unspecified atom stereocenters. The van der Waals surface area contributed by atoms with Gasteiger partial charge in [-0.3, -0.25) is 4.99 Å². The smallest absolute Gasteiger partial charge is 0.407 e. The van der Waals surface area contributed by atoms with Gasteiger partial charge in [0.05, 0.1) is 24.5 Å². The van der Waals surface area contributed by atoms with Crippen LogP contribution < -0.4 is 16.4 Å². The van der Waals surface area contributed by atoms with E-state index in [1.54, 1.807) is 14.0 Å². The number of anilines is 1. The maximum Gasteiger partial charge on any atom is 0.407 e. The van der Waals surface area contributed by atoms with Crippen LogP contribution in [0.25, 0.3) is 5.57 Å². The van der Waals surface area contributed by atoms with Gasteiger partial charge in [0.2, 0.25) is 5.95 Å². The Morgan fingerprint density at radius 3 is 2.41 bits per heavy atom. The van der Waals surface area contributed by atoms with Gasteiger partial charge in [0.1, 0.15) is 11.2 Å². The molecule has 0 aromatic carbocycles. The van der Waals surface area contributed by atoms with Crippen LogP contribution in [0.3, 0.4) is 0 Å². The summed E-state index contributed by atoms with van der Waals surface area (Å²) in [6, 6.07) is -0.245. The van der Waals surface area contributed by atoms with E-state index in [9.17, 15) is 9.59 Å². The van der Waals surface area contributed by atoms with Crippen molar-refractivity contribution in [1.82, 2.24) is 15.3 Å². The number of aliphatic imine (C=N–C) groups is 1. The molecule has 1 aromatic heterocycles. The highest BCUT2D eigenvalue weighted by atomic mass is 16.6. The van der Waals surface area contributed by atoms with E-state index in [0.717, 1.165) is 25.7 Å². The fourth-order valence-electron chi connectivity index (χ4n) is 3.62. The number of allylic oxidation sites excluding steroid dienone is 1. The van der Waals surface area contributed by atoms with Crippen LogP contribution in [0.2, 0.25) is 0 Å². The Kier molecular flexibility index (Phi) is 8.56. The maximum absolute atomic E-state index is 12.4. The fourth-order valence-corrected chi connectivity index (χ4v) is 3.62. The largest absolute Gasteiger partial charge is 0.465 e. The van der Waals surface area contributed by atoms with Gasteiger partial charge in [-0.15, -0.1) is 0 Å². The molecule has 2 rings (SSSR count). The highest BCUT2D eigenvalue weighted by Gasteiger charge is 2.30. The molecule has 0 spiro atoms. The van der Waals surface area contributed by atoms with Crippen LogP contribution in [0.15, 0.2) is 11.2 Å². The van der Waals surface area contributed by atoms with E-state index in [1.807, 2.05) is 20.8 Å². The first kappa shape index (κ1) is 25.1. The first-order chi connectivity index (χ1) is 15.1. The van der Waals surface area contributed by atoms with Gasteiger partial charge in [-0.1, -0.05) is 12.8 Å². The number of esters is 1. The molecule has 1 aliphatic carbocycles. The summed E-state index contributed by atoms with van der Waals surface area (Å²) in [5, 5.41) is 6.29. The third-order valence-corrected chi connectivity index (χ3v) is 4.98. The third-order valence-electron chi connectivity index (χ3n) is 4.98. The number of ether oxygens (including phenoxy) is 2. The molecule has 1 fully saturated rings. The van der Waals surface area contributed by atoms with Gasteiger partial charge in [-0.25, -0.2) is 19.6 Å². The molecular formula is C22H34N6O4. The summed E-state index contributed by atoms with van der Waals surface area (Å²) < 4.78 is 10.3. The average molecular weight is 447 g/mol. The zero-order chi connectivity index (χ0) is 23.9. The molecule has 0 saturated heterocycles. The molecular weight excluding hydrogens is 412 g/mol. The molecule has 0 bridgehead atoms.